The minimum Gasteiger partial charge on any atom is -0.301 e. The highest BCUT2D eigenvalue weighted by Crippen LogP contribution is 2.40. The van der Waals surface area contributed by atoms with Gasteiger partial charge in [0.25, 0.3) is 5.91 Å². The van der Waals surface area contributed by atoms with Crippen molar-refractivity contribution in [1.29, 1.82) is 0 Å². The van der Waals surface area contributed by atoms with E-state index in [9.17, 15) is 9.59 Å². The molecule has 1 saturated carbocycles. The first-order valence-electron chi connectivity index (χ1n) is 8.68. The van der Waals surface area contributed by atoms with E-state index >= 15 is 0 Å². The first kappa shape index (κ1) is 17.9. The summed E-state index contributed by atoms with van der Waals surface area (Å²) in [6.45, 7) is 0.678. The highest BCUT2D eigenvalue weighted by Gasteiger charge is 2.30. The number of amides is 2. The number of hydrogen-bond donors (Lipinski definition) is 1. The quantitative estimate of drug-likeness (QED) is 0.618. The molecule has 1 N–H and O–H groups in total. The third-order valence-corrected chi connectivity index (χ3v) is 6.04. The lowest BCUT2D eigenvalue weighted by atomic mass is 10.2. The highest BCUT2D eigenvalue weighted by molar-refractivity contribution is 7.99. The maximum atomic E-state index is 12.1. The number of nitrogens with one attached hydrogen (secondary N) is 1. The molecular formula is C19H18N4O2S2. The molecule has 2 amide bonds. The minimum atomic E-state index is -0.361. The van der Waals surface area contributed by atoms with Gasteiger partial charge in [-0.15, -0.1) is 21.5 Å². The Morgan fingerprint density at radius 2 is 1.96 bits per heavy atom. The molecule has 1 aliphatic carbocycles. The molecule has 2 aromatic heterocycles. The van der Waals surface area contributed by atoms with Crippen LogP contribution in [-0.2, 0) is 11.3 Å². The van der Waals surface area contributed by atoms with E-state index in [0.717, 1.165) is 18.7 Å². The van der Waals surface area contributed by atoms with Crippen LogP contribution in [0.15, 0.2) is 53.0 Å². The number of thioether (sulfide) groups is 1. The van der Waals surface area contributed by atoms with Crippen molar-refractivity contribution >= 4 is 34.9 Å². The van der Waals surface area contributed by atoms with E-state index in [1.807, 2.05) is 18.2 Å². The van der Waals surface area contributed by atoms with Gasteiger partial charge in [0.05, 0.1) is 17.2 Å². The molecule has 0 spiro atoms. The van der Waals surface area contributed by atoms with E-state index in [1.165, 1.54) is 28.7 Å². The summed E-state index contributed by atoms with van der Waals surface area (Å²) in [6, 6.07) is 13.6. The normalized spacial score (nSPS) is 13.5. The highest BCUT2D eigenvalue weighted by atomic mass is 32.2. The Kier molecular flexibility index (Phi) is 5.35. The van der Waals surface area contributed by atoms with Crippen molar-refractivity contribution < 1.29 is 9.59 Å². The van der Waals surface area contributed by atoms with Gasteiger partial charge in [0.1, 0.15) is 5.82 Å². The van der Waals surface area contributed by atoms with Gasteiger partial charge in [-0.3, -0.25) is 14.9 Å². The van der Waals surface area contributed by atoms with Crippen molar-refractivity contribution in [3.63, 3.8) is 0 Å². The number of benzene rings is 1. The molecule has 8 heteroatoms. The van der Waals surface area contributed by atoms with Gasteiger partial charge < -0.3 is 4.57 Å². The average Bonchev–Trinajstić information content (AvgIpc) is 3.21. The predicted octanol–water partition coefficient (Wildman–Crippen LogP) is 3.31. The summed E-state index contributed by atoms with van der Waals surface area (Å²) in [5.41, 5.74) is 1.17. The summed E-state index contributed by atoms with van der Waals surface area (Å²) in [5, 5.41) is 13.6. The first-order valence-corrected chi connectivity index (χ1v) is 10.5. The topological polar surface area (TPSA) is 76.9 Å². The third-order valence-electron chi connectivity index (χ3n) is 4.20. The van der Waals surface area contributed by atoms with Gasteiger partial charge in [0, 0.05) is 5.92 Å². The van der Waals surface area contributed by atoms with Gasteiger partial charge in [-0.05, 0) is 29.9 Å². The molecular weight excluding hydrogens is 380 g/mol. The summed E-state index contributed by atoms with van der Waals surface area (Å²) in [7, 11) is 0. The SMILES string of the molecule is O=C(CSc1nnc(C2CC2)n1Cc1ccccc1)NC(=O)c1cccs1. The van der Waals surface area contributed by atoms with Crippen LogP contribution < -0.4 is 5.32 Å². The molecule has 27 heavy (non-hydrogen) atoms. The summed E-state index contributed by atoms with van der Waals surface area (Å²) in [5.74, 6) is 0.871. The van der Waals surface area contributed by atoms with Crippen LogP contribution in [0, 0.1) is 0 Å². The summed E-state index contributed by atoms with van der Waals surface area (Å²) in [4.78, 5) is 24.6. The largest absolute Gasteiger partial charge is 0.301 e. The van der Waals surface area contributed by atoms with E-state index in [-0.39, 0.29) is 17.6 Å². The Balaban J connectivity index is 1.42. The van der Waals surface area contributed by atoms with Gasteiger partial charge in [0.2, 0.25) is 5.91 Å². The zero-order valence-electron chi connectivity index (χ0n) is 14.5. The monoisotopic (exact) mass is 398 g/mol. The minimum absolute atomic E-state index is 0.120. The van der Waals surface area contributed by atoms with E-state index < -0.39 is 0 Å². The second kappa shape index (κ2) is 8.06. The van der Waals surface area contributed by atoms with E-state index in [4.69, 9.17) is 0 Å². The number of carbonyl (C=O) groups excluding carboxylic acids is 2. The number of thiophene rings is 1. The third kappa shape index (κ3) is 4.45. The van der Waals surface area contributed by atoms with Crippen molar-refractivity contribution in [2.45, 2.75) is 30.5 Å². The lowest BCUT2D eigenvalue weighted by Gasteiger charge is -2.10. The van der Waals surface area contributed by atoms with Gasteiger partial charge in [-0.2, -0.15) is 0 Å². The number of nitrogens with zero attached hydrogens (tertiary/aromatic N) is 3. The second-order valence-corrected chi connectivity index (χ2v) is 8.22. The molecule has 0 radical (unpaired) electrons. The number of aromatic nitrogens is 3. The molecule has 1 aliphatic rings. The predicted molar refractivity (Wildman–Crippen MR) is 105 cm³/mol. The van der Waals surface area contributed by atoms with Crippen molar-refractivity contribution in [3.05, 3.63) is 64.1 Å². The smallest absolute Gasteiger partial charge is 0.267 e. The van der Waals surface area contributed by atoms with Gasteiger partial charge in [0.15, 0.2) is 5.16 Å². The standard InChI is InChI=1S/C19H18N4O2S2/c24-16(20-18(25)15-7-4-10-26-15)12-27-19-22-21-17(14-8-9-14)23(19)11-13-5-2-1-3-6-13/h1-7,10,14H,8-9,11-12H2,(H,20,24,25). The Morgan fingerprint density at radius 3 is 2.67 bits per heavy atom. The zero-order chi connectivity index (χ0) is 18.6. The molecule has 1 aromatic carbocycles. The lowest BCUT2D eigenvalue weighted by Crippen LogP contribution is -2.31. The second-order valence-electron chi connectivity index (χ2n) is 6.33. The fourth-order valence-electron chi connectivity index (χ4n) is 2.73. The van der Waals surface area contributed by atoms with Crippen LogP contribution in [-0.4, -0.2) is 32.3 Å². The van der Waals surface area contributed by atoms with Crippen LogP contribution >= 0.6 is 23.1 Å². The number of carbonyl (C=O) groups is 2. The first-order chi connectivity index (χ1) is 13.2. The molecule has 1 fully saturated rings. The number of imide groups is 1. The molecule has 0 bridgehead atoms. The Hall–Kier alpha value is -2.45. The van der Waals surface area contributed by atoms with Crippen molar-refractivity contribution in [3.8, 4) is 0 Å². The molecule has 0 unspecified atom stereocenters. The molecule has 4 rings (SSSR count). The molecule has 0 saturated heterocycles. The Bertz CT molecular complexity index is 934. The van der Waals surface area contributed by atoms with Crippen molar-refractivity contribution in [2.24, 2.45) is 0 Å². The van der Waals surface area contributed by atoms with Crippen molar-refractivity contribution in [2.75, 3.05) is 5.75 Å². The van der Waals surface area contributed by atoms with Gasteiger partial charge in [-0.1, -0.05) is 48.2 Å². The molecule has 0 atom stereocenters. The van der Waals surface area contributed by atoms with Crippen molar-refractivity contribution in [1.82, 2.24) is 20.1 Å². The lowest BCUT2D eigenvalue weighted by molar-refractivity contribution is -0.117. The van der Waals surface area contributed by atoms with Crippen LogP contribution in [0.25, 0.3) is 0 Å². The van der Waals surface area contributed by atoms with Crippen LogP contribution in [0.2, 0.25) is 0 Å². The molecule has 0 aliphatic heterocycles. The maximum absolute atomic E-state index is 12.1. The van der Waals surface area contributed by atoms with E-state index in [1.54, 1.807) is 17.5 Å². The fourth-order valence-corrected chi connectivity index (χ4v) is 4.09. The summed E-state index contributed by atoms with van der Waals surface area (Å²) < 4.78 is 2.09. The molecule has 2 heterocycles. The Labute approximate surface area is 165 Å². The van der Waals surface area contributed by atoms with Crippen LogP contribution in [0.5, 0.6) is 0 Å². The molecule has 6 nitrogen and oxygen atoms in total. The van der Waals surface area contributed by atoms with E-state index in [0.29, 0.717) is 22.5 Å². The van der Waals surface area contributed by atoms with Gasteiger partial charge in [-0.25, -0.2) is 0 Å². The average molecular weight is 399 g/mol. The van der Waals surface area contributed by atoms with Crippen LogP contribution in [0.4, 0.5) is 0 Å². The summed E-state index contributed by atoms with van der Waals surface area (Å²) in [6.07, 6.45) is 2.26. The molecule has 3 aromatic rings. The number of hydrogen-bond acceptors (Lipinski definition) is 6. The summed E-state index contributed by atoms with van der Waals surface area (Å²) >= 11 is 2.62. The zero-order valence-corrected chi connectivity index (χ0v) is 16.1. The van der Waals surface area contributed by atoms with Gasteiger partial charge >= 0.3 is 0 Å². The fraction of sp³-hybridized carbons (Fsp3) is 0.263. The maximum Gasteiger partial charge on any atom is 0.267 e. The number of rotatable bonds is 7. The van der Waals surface area contributed by atoms with E-state index in [2.05, 4.69) is 32.2 Å². The van der Waals surface area contributed by atoms with Crippen LogP contribution in [0.1, 0.15) is 39.8 Å². The van der Waals surface area contributed by atoms with Crippen LogP contribution in [0.3, 0.4) is 0 Å². The molecule has 138 valence electrons. The Morgan fingerprint density at radius 1 is 1.15 bits per heavy atom.